The van der Waals surface area contributed by atoms with Crippen LogP contribution in [0.2, 0.25) is 0 Å². The number of hydrogen-bond donors (Lipinski definition) is 1. The molecule has 0 aliphatic rings. The fourth-order valence-corrected chi connectivity index (χ4v) is 3.84. The molecule has 0 saturated heterocycles. The van der Waals surface area contributed by atoms with Gasteiger partial charge in [0.2, 0.25) is 0 Å². The minimum atomic E-state index is -1.09. The molecule has 0 spiro atoms. The molecule has 1 aromatic carbocycles. The molecular formula is C18H17N3O4S. The van der Waals surface area contributed by atoms with Crippen molar-refractivity contribution in [2.75, 3.05) is 13.6 Å². The molecule has 3 aromatic rings. The van der Waals surface area contributed by atoms with E-state index in [0.29, 0.717) is 27.2 Å². The highest BCUT2D eigenvalue weighted by molar-refractivity contribution is 7.20. The van der Waals surface area contributed by atoms with Gasteiger partial charge in [0.25, 0.3) is 11.5 Å². The standard InChI is InChI=1S/C18H17N3O4S/c1-11-14-16(26-15(11)18(25)20(2)9-13(22)23)19-10-21(17(14)24)8-12-6-4-3-5-7-12/h3-7,10H,8-9H2,1-2H3,(H,22,23). The number of carbonyl (C=O) groups is 2. The van der Waals surface area contributed by atoms with Gasteiger partial charge in [0.15, 0.2) is 0 Å². The maximum absolute atomic E-state index is 12.8. The molecule has 0 unspecified atom stereocenters. The van der Waals surface area contributed by atoms with Gasteiger partial charge in [-0.3, -0.25) is 19.0 Å². The molecule has 8 heteroatoms. The molecule has 134 valence electrons. The molecule has 26 heavy (non-hydrogen) atoms. The first-order valence-corrected chi connectivity index (χ1v) is 8.70. The van der Waals surface area contributed by atoms with Crippen molar-refractivity contribution >= 4 is 33.4 Å². The number of likely N-dealkylation sites (N-methyl/N-ethyl adjacent to an activating group) is 1. The SMILES string of the molecule is Cc1c(C(=O)N(C)CC(=O)O)sc2ncn(Cc3ccccc3)c(=O)c12. The zero-order chi connectivity index (χ0) is 18.8. The molecule has 7 nitrogen and oxygen atoms in total. The Hall–Kier alpha value is -3.00. The molecule has 0 aliphatic carbocycles. The number of carboxylic acid groups (broad SMARTS) is 1. The van der Waals surface area contributed by atoms with Crippen LogP contribution in [0.4, 0.5) is 0 Å². The van der Waals surface area contributed by atoms with Crippen LogP contribution in [0.3, 0.4) is 0 Å². The number of amides is 1. The molecular weight excluding hydrogens is 354 g/mol. The average molecular weight is 371 g/mol. The molecule has 0 aliphatic heterocycles. The third-order valence-corrected chi connectivity index (χ3v) is 5.21. The summed E-state index contributed by atoms with van der Waals surface area (Å²) >= 11 is 1.11. The minimum Gasteiger partial charge on any atom is -0.480 e. The number of fused-ring (bicyclic) bond motifs is 1. The lowest BCUT2D eigenvalue weighted by atomic mass is 10.2. The van der Waals surface area contributed by atoms with Gasteiger partial charge >= 0.3 is 5.97 Å². The Morgan fingerprint density at radius 1 is 1.27 bits per heavy atom. The third kappa shape index (κ3) is 3.36. The largest absolute Gasteiger partial charge is 0.480 e. The summed E-state index contributed by atoms with van der Waals surface area (Å²) in [7, 11) is 1.42. The lowest BCUT2D eigenvalue weighted by Gasteiger charge is -2.13. The van der Waals surface area contributed by atoms with Crippen molar-refractivity contribution in [3.05, 3.63) is 63.0 Å². The summed E-state index contributed by atoms with van der Waals surface area (Å²) in [5.74, 6) is -1.52. The molecule has 2 heterocycles. The first-order chi connectivity index (χ1) is 12.4. The third-order valence-electron chi connectivity index (χ3n) is 4.03. The number of hydrogen-bond acceptors (Lipinski definition) is 5. The number of aromatic nitrogens is 2. The van der Waals surface area contributed by atoms with Crippen molar-refractivity contribution in [2.45, 2.75) is 13.5 Å². The van der Waals surface area contributed by atoms with Gasteiger partial charge in [-0.1, -0.05) is 30.3 Å². The highest BCUT2D eigenvalue weighted by Crippen LogP contribution is 2.27. The van der Waals surface area contributed by atoms with Gasteiger partial charge in [-0.05, 0) is 18.1 Å². The summed E-state index contributed by atoms with van der Waals surface area (Å²) in [5.41, 5.74) is 1.29. The summed E-state index contributed by atoms with van der Waals surface area (Å²) in [6.07, 6.45) is 1.48. The number of benzene rings is 1. The van der Waals surface area contributed by atoms with Crippen molar-refractivity contribution in [3.8, 4) is 0 Å². The lowest BCUT2D eigenvalue weighted by molar-refractivity contribution is -0.137. The molecule has 0 saturated carbocycles. The van der Waals surface area contributed by atoms with Crippen LogP contribution in [0.25, 0.3) is 10.2 Å². The van der Waals surface area contributed by atoms with E-state index in [1.54, 1.807) is 6.92 Å². The zero-order valence-electron chi connectivity index (χ0n) is 14.3. The molecule has 0 atom stereocenters. The van der Waals surface area contributed by atoms with Crippen LogP contribution in [-0.2, 0) is 11.3 Å². The highest BCUT2D eigenvalue weighted by atomic mass is 32.1. The van der Waals surface area contributed by atoms with Crippen LogP contribution in [-0.4, -0.2) is 45.0 Å². The van der Waals surface area contributed by atoms with Crippen LogP contribution < -0.4 is 5.56 Å². The number of carbonyl (C=O) groups excluding carboxylic acids is 1. The summed E-state index contributed by atoms with van der Waals surface area (Å²) in [4.78, 5) is 42.4. The number of thiophene rings is 1. The van der Waals surface area contributed by atoms with E-state index < -0.39 is 18.4 Å². The van der Waals surface area contributed by atoms with E-state index >= 15 is 0 Å². The van der Waals surface area contributed by atoms with Crippen LogP contribution in [0, 0.1) is 6.92 Å². The van der Waals surface area contributed by atoms with Crippen LogP contribution in [0.1, 0.15) is 20.8 Å². The van der Waals surface area contributed by atoms with E-state index in [1.165, 1.54) is 17.9 Å². The maximum atomic E-state index is 12.8. The fraction of sp³-hybridized carbons (Fsp3) is 0.222. The van der Waals surface area contributed by atoms with Gasteiger partial charge in [0.1, 0.15) is 11.4 Å². The van der Waals surface area contributed by atoms with E-state index in [-0.39, 0.29) is 5.56 Å². The first-order valence-electron chi connectivity index (χ1n) is 7.88. The van der Waals surface area contributed by atoms with Gasteiger partial charge < -0.3 is 10.0 Å². The number of aliphatic carboxylic acids is 1. The summed E-state index contributed by atoms with van der Waals surface area (Å²) in [6, 6.07) is 9.55. The van der Waals surface area contributed by atoms with E-state index in [1.807, 2.05) is 30.3 Å². The molecule has 2 aromatic heterocycles. The second kappa shape index (κ2) is 7.09. The Kier molecular flexibility index (Phi) is 4.85. The van der Waals surface area contributed by atoms with Gasteiger partial charge in [-0.2, -0.15) is 0 Å². The van der Waals surface area contributed by atoms with E-state index in [0.717, 1.165) is 21.8 Å². The first kappa shape index (κ1) is 17.8. The minimum absolute atomic E-state index is 0.215. The number of nitrogens with zero attached hydrogens (tertiary/aromatic N) is 3. The predicted molar refractivity (Wildman–Crippen MR) is 98.8 cm³/mol. The highest BCUT2D eigenvalue weighted by Gasteiger charge is 2.23. The zero-order valence-corrected chi connectivity index (χ0v) is 15.1. The van der Waals surface area contributed by atoms with Gasteiger partial charge in [0.05, 0.1) is 23.1 Å². The van der Waals surface area contributed by atoms with E-state index in [9.17, 15) is 14.4 Å². The Labute approximate surface area is 153 Å². The van der Waals surface area contributed by atoms with Crippen molar-refractivity contribution in [1.82, 2.24) is 14.5 Å². The summed E-state index contributed by atoms with van der Waals surface area (Å²) in [6.45, 7) is 1.68. The van der Waals surface area contributed by atoms with Gasteiger partial charge in [-0.15, -0.1) is 11.3 Å². The predicted octanol–water partition coefficient (Wildman–Crippen LogP) is 1.97. The van der Waals surface area contributed by atoms with Crippen LogP contribution >= 0.6 is 11.3 Å². The van der Waals surface area contributed by atoms with Crippen LogP contribution in [0.5, 0.6) is 0 Å². The fourth-order valence-electron chi connectivity index (χ4n) is 2.70. The Balaban J connectivity index is 2.01. The molecule has 1 amide bonds. The van der Waals surface area contributed by atoms with Crippen molar-refractivity contribution < 1.29 is 14.7 Å². The van der Waals surface area contributed by atoms with Crippen molar-refractivity contribution in [2.24, 2.45) is 0 Å². The van der Waals surface area contributed by atoms with Crippen molar-refractivity contribution in [1.29, 1.82) is 0 Å². The second-order valence-corrected chi connectivity index (χ2v) is 6.95. The smallest absolute Gasteiger partial charge is 0.323 e. The average Bonchev–Trinajstić information content (AvgIpc) is 2.94. The van der Waals surface area contributed by atoms with E-state index in [2.05, 4.69) is 4.98 Å². The topological polar surface area (TPSA) is 92.5 Å². The Morgan fingerprint density at radius 2 is 1.96 bits per heavy atom. The maximum Gasteiger partial charge on any atom is 0.323 e. The molecule has 1 N–H and O–H groups in total. The normalized spacial score (nSPS) is 10.8. The van der Waals surface area contributed by atoms with Gasteiger partial charge in [0, 0.05) is 7.05 Å². The Bertz CT molecular complexity index is 1040. The molecule has 0 radical (unpaired) electrons. The Morgan fingerprint density at radius 3 is 2.62 bits per heavy atom. The van der Waals surface area contributed by atoms with E-state index in [4.69, 9.17) is 5.11 Å². The number of aryl methyl sites for hydroxylation is 1. The van der Waals surface area contributed by atoms with Crippen LogP contribution in [0.15, 0.2) is 41.5 Å². The molecule has 0 bridgehead atoms. The number of carboxylic acids is 1. The lowest BCUT2D eigenvalue weighted by Crippen LogP contribution is -2.31. The monoisotopic (exact) mass is 371 g/mol. The quantitative estimate of drug-likeness (QED) is 0.740. The second-order valence-electron chi connectivity index (χ2n) is 5.95. The number of rotatable bonds is 5. The van der Waals surface area contributed by atoms with Gasteiger partial charge in [-0.25, -0.2) is 4.98 Å². The molecule has 0 fully saturated rings. The van der Waals surface area contributed by atoms with Crippen molar-refractivity contribution in [3.63, 3.8) is 0 Å². The summed E-state index contributed by atoms with van der Waals surface area (Å²) in [5, 5.41) is 9.26. The molecule has 3 rings (SSSR count). The summed E-state index contributed by atoms with van der Waals surface area (Å²) < 4.78 is 1.51.